The van der Waals surface area contributed by atoms with Crippen molar-refractivity contribution >= 4 is 17.6 Å². The maximum Gasteiger partial charge on any atom is 0.410 e. The van der Waals surface area contributed by atoms with Crippen LogP contribution in [0.1, 0.15) is 34.6 Å². The summed E-state index contributed by atoms with van der Waals surface area (Å²) in [4.78, 5) is 20.7. The summed E-state index contributed by atoms with van der Waals surface area (Å²) >= 11 is 0. The molecule has 2 N–H and O–H groups in total. The highest BCUT2D eigenvalue weighted by Crippen LogP contribution is 2.23. The summed E-state index contributed by atoms with van der Waals surface area (Å²) in [5.41, 5.74) is 5.86. The van der Waals surface area contributed by atoms with Crippen LogP contribution in [0.15, 0.2) is 18.3 Å². The van der Waals surface area contributed by atoms with Crippen LogP contribution in [0.25, 0.3) is 0 Å². The molecule has 0 saturated carbocycles. The first-order valence-electron chi connectivity index (χ1n) is 7.65. The van der Waals surface area contributed by atoms with Gasteiger partial charge in [0.2, 0.25) is 0 Å². The van der Waals surface area contributed by atoms with Crippen molar-refractivity contribution in [3.63, 3.8) is 0 Å². The largest absolute Gasteiger partial charge is 0.444 e. The Labute approximate surface area is 132 Å². The Bertz CT molecular complexity index is 524. The third kappa shape index (κ3) is 3.81. The Morgan fingerprint density at radius 1 is 1.27 bits per heavy atom. The van der Waals surface area contributed by atoms with Gasteiger partial charge in [0.1, 0.15) is 11.4 Å². The molecule has 2 heterocycles. The predicted molar refractivity (Wildman–Crippen MR) is 87.9 cm³/mol. The van der Waals surface area contributed by atoms with E-state index in [9.17, 15) is 4.79 Å². The number of nitrogen functional groups attached to an aromatic ring is 1. The van der Waals surface area contributed by atoms with Gasteiger partial charge in [0.05, 0.1) is 11.9 Å². The molecule has 1 aliphatic rings. The average molecular weight is 306 g/mol. The third-order valence-electron chi connectivity index (χ3n) is 3.68. The Morgan fingerprint density at radius 3 is 2.50 bits per heavy atom. The van der Waals surface area contributed by atoms with E-state index in [1.807, 2.05) is 39.8 Å². The molecule has 0 aromatic carbocycles. The van der Waals surface area contributed by atoms with Crippen LogP contribution in [-0.4, -0.2) is 46.8 Å². The molecule has 1 aliphatic heterocycles. The Morgan fingerprint density at radius 2 is 1.95 bits per heavy atom. The standard InChI is InChI=1S/C16H26N4O2/c1-11-10-20(15(21)22-16(3,4)5)12(2)9-19(11)14-7-6-13(17)8-18-14/h6-8,11-12H,9-10,17H2,1-5H3/t11-,12+/m1/s1. The molecule has 1 saturated heterocycles. The lowest BCUT2D eigenvalue weighted by Gasteiger charge is -2.44. The third-order valence-corrected chi connectivity index (χ3v) is 3.68. The molecule has 1 amide bonds. The zero-order valence-corrected chi connectivity index (χ0v) is 14.0. The van der Waals surface area contributed by atoms with E-state index < -0.39 is 5.60 Å². The fourth-order valence-electron chi connectivity index (χ4n) is 2.59. The van der Waals surface area contributed by atoms with Gasteiger partial charge < -0.3 is 20.3 Å². The van der Waals surface area contributed by atoms with E-state index >= 15 is 0 Å². The lowest BCUT2D eigenvalue weighted by Crippen LogP contribution is -2.59. The number of rotatable bonds is 1. The molecular formula is C16H26N4O2. The van der Waals surface area contributed by atoms with E-state index in [4.69, 9.17) is 10.5 Å². The minimum Gasteiger partial charge on any atom is -0.444 e. The molecule has 0 bridgehead atoms. The number of carbonyl (C=O) groups excluding carboxylic acids is 1. The van der Waals surface area contributed by atoms with Crippen molar-refractivity contribution in [2.45, 2.75) is 52.3 Å². The number of anilines is 2. The molecular weight excluding hydrogens is 280 g/mol. The van der Waals surface area contributed by atoms with E-state index in [-0.39, 0.29) is 18.2 Å². The second-order valence-corrected chi connectivity index (χ2v) is 6.93. The van der Waals surface area contributed by atoms with Crippen LogP contribution in [0.2, 0.25) is 0 Å². The molecule has 122 valence electrons. The average Bonchev–Trinajstić information content (AvgIpc) is 2.40. The van der Waals surface area contributed by atoms with E-state index in [0.29, 0.717) is 12.2 Å². The molecule has 1 fully saturated rings. The molecule has 1 aromatic heterocycles. The van der Waals surface area contributed by atoms with Crippen LogP contribution in [0.5, 0.6) is 0 Å². The number of hydrogen-bond donors (Lipinski definition) is 1. The fourth-order valence-corrected chi connectivity index (χ4v) is 2.59. The molecule has 2 atom stereocenters. The summed E-state index contributed by atoms with van der Waals surface area (Å²) in [7, 11) is 0. The minimum absolute atomic E-state index is 0.0606. The van der Waals surface area contributed by atoms with E-state index in [1.165, 1.54) is 0 Å². The van der Waals surface area contributed by atoms with Gasteiger partial charge in [0.15, 0.2) is 0 Å². The van der Waals surface area contributed by atoms with E-state index in [2.05, 4.69) is 16.8 Å². The van der Waals surface area contributed by atoms with Crippen molar-refractivity contribution in [3.8, 4) is 0 Å². The van der Waals surface area contributed by atoms with Gasteiger partial charge in [0.25, 0.3) is 0 Å². The Hall–Kier alpha value is -1.98. The van der Waals surface area contributed by atoms with Gasteiger partial charge in [0, 0.05) is 25.2 Å². The zero-order chi connectivity index (χ0) is 16.5. The number of aromatic nitrogens is 1. The second kappa shape index (κ2) is 6.02. The van der Waals surface area contributed by atoms with Crippen molar-refractivity contribution < 1.29 is 9.53 Å². The molecule has 0 aliphatic carbocycles. The van der Waals surface area contributed by atoms with Gasteiger partial charge in [-0.1, -0.05) is 0 Å². The lowest BCUT2D eigenvalue weighted by molar-refractivity contribution is 0.0130. The summed E-state index contributed by atoms with van der Waals surface area (Å²) in [6, 6.07) is 3.99. The number of nitrogens with zero attached hydrogens (tertiary/aromatic N) is 3. The Kier molecular flexibility index (Phi) is 4.49. The topological polar surface area (TPSA) is 71.7 Å². The van der Waals surface area contributed by atoms with Gasteiger partial charge in [-0.15, -0.1) is 0 Å². The highest BCUT2D eigenvalue weighted by molar-refractivity contribution is 5.69. The van der Waals surface area contributed by atoms with Crippen LogP contribution in [0.3, 0.4) is 0 Å². The summed E-state index contributed by atoms with van der Waals surface area (Å²) < 4.78 is 5.49. The maximum absolute atomic E-state index is 12.3. The number of carbonyl (C=O) groups is 1. The molecule has 0 spiro atoms. The number of piperazine rings is 1. The van der Waals surface area contributed by atoms with Gasteiger partial charge in [-0.2, -0.15) is 0 Å². The van der Waals surface area contributed by atoms with Crippen LogP contribution >= 0.6 is 0 Å². The molecule has 1 aromatic rings. The van der Waals surface area contributed by atoms with Crippen LogP contribution in [0, 0.1) is 0 Å². The predicted octanol–water partition coefficient (Wildman–Crippen LogP) is 2.50. The number of nitrogens with two attached hydrogens (primary N) is 1. The highest BCUT2D eigenvalue weighted by atomic mass is 16.6. The molecule has 2 rings (SSSR count). The first-order valence-corrected chi connectivity index (χ1v) is 7.65. The fraction of sp³-hybridized carbons (Fsp3) is 0.625. The van der Waals surface area contributed by atoms with Crippen LogP contribution < -0.4 is 10.6 Å². The van der Waals surface area contributed by atoms with E-state index in [1.54, 1.807) is 11.1 Å². The Balaban J connectivity index is 2.08. The van der Waals surface area contributed by atoms with Crippen molar-refractivity contribution in [1.29, 1.82) is 0 Å². The number of hydrogen-bond acceptors (Lipinski definition) is 5. The molecule has 6 heteroatoms. The number of pyridine rings is 1. The minimum atomic E-state index is -0.476. The van der Waals surface area contributed by atoms with Gasteiger partial charge in [-0.25, -0.2) is 9.78 Å². The summed E-state index contributed by atoms with van der Waals surface area (Å²) in [5.74, 6) is 0.886. The van der Waals surface area contributed by atoms with E-state index in [0.717, 1.165) is 12.4 Å². The SMILES string of the molecule is C[C@@H]1CN(C(=O)OC(C)(C)C)[C@@H](C)CN1c1ccc(N)cn1. The highest BCUT2D eigenvalue weighted by Gasteiger charge is 2.34. The zero-order valence-electron chi connectivity index (χ0n) is 14.0. The van der Waals surface area contributed by atoms with Gasteiger partial charge >= 0.3 is 6.09 Å². The van der Waals surface area contributed by atoms with Crippen LogP contribution in [-0.2, 0) is 4.74 Å². The quantitative estimate of drug-likeness (QED) is 0.863. The van der Waals surface area contributed by atoms with Crippen molar-refractivity contribution in [2.75, 3.05) is 23.7 Å². The molecule has 22 heavy (non-hydrogen) atoms. The number of amides is 1. The first kappa shape index (κ1) is 16.4. The summed E-state index contributed by atoms with van der Waals surface area (Å²) in [6.07, 6.45) is 1.41. The lowest BCUT2D eigenvalue weighted by atomic mass is 10.1. The smallest absolute Gasteiger partial charge is 0.410 e. The summed E-state index contributed by atoms with van der Waals surface area (Å²) in [5, 5.41) is 0. The van der Waals surface area contributed by atoms with Crippen molar-refractivity contribution in [2.24, 2.45) is 0 Å². The first-order chi connectivity index (χ1) is 10.2. The van der Waals surface area contributed by atoms with Gasteiger partial charge in [-0.3, -0.25) is 0 Å². The van der Waals surface area contributed by atoms with Crippen molar-refractivity contribution in [1.82, 2.24) is 9.88 Å². The normalized spacial score (nSPS) is 22.6. The monoisotopic (exact) mass is 306 g/mol. The molecule has 6 nitrogen and oxygen atoms in total. The summed E-state index contributed by atoms with van der Waals surface area (Å²) in [6.45, 7) is 11.1. The van der Waals surface area contributed by atoms with Crippen LogP contribution in [0.4, 0.5) is 16.3 Å². The second-order valence-electron chi connectivity index (χ2n) is 6.93. The number of ether oxygens (including phenoxy) is 1. The molecule has 0 radical (unpaired) electrons. The van der Waals surface area contributed by atoms with Crippen molar-refractivity contribution in [3.05, 3.63) is 18.3 Å². The van der Waals surface area contributed by atoms with Gasteiger partial charge in [-0.05, 0) is 46.8 Å². The maximum atomic E-state index is 12.3. The molecule has 0 unspecified atom stereocenters.